The molecule has 1 N–H and O–H groups in total. The Morgan fingerprint density at radius 2 is 1.66 bits per heavy atom. The summed E-state index contributed by atoms with van der Waals surface area (Å²) in [5.41, 5.74) is 3.25. The molecule has 0 saturated carbocycles. The Morgan fingerprint density at radius 3 is 2.34 bits per heavy atom. The highest BCUT2D eigenvalue weighted by atomic mass is 16.1. The van der Waals surface area contributed by atoms with Crippen LogP contribution in [0.5, 0.6) is 0 Å². The molecular weight excluding hydrogens is 364 g/mol. The van der Waals surface area contributed by atoms with E-state index in [-0.39, 0.29) is 5.91 Å². The Balaban J connectivity index is 1.37. The van der Waals surface area contributed by atoms with E-state index in [4.69, 9.17) is 0 Å². The molecule has 0 radical (unpaired) electrons. The maximum Gasteiger partial charge on any atom is 0.256 e. The summed E-state index contributed by atoms with van der Waals surface area (Å²) in [4.78, 5) is 30.3. The summed E-state index contributed by atoms with van der Waals surface area (Å²) in [5.74, 6) is 1.53. The van der Waals surface area contributed by atoms with Gasteiger partial charge in [-0.3, -0.25) is 4.79 Å². The summed E-state index contributed by atoms with van der Waals surface area (Å²) < 4.78 is 0. The van der Waals surface area contributed by atoms with E-state index in [1.165, 1.54) is 0 Å². The van der Waals surface area contributed by atoms with Gasteiger partial charge in [0.25, 0.3) is 5.91 Å². The van der Waals surface area contributed by atoms with Crippen molar-refractivity contribution in [2.75, 3.05) is 41.3 Å². The number of piperazine rings is 1. The van der Waals surface area contributed by atoms with Gasteiger partial charge in [-0.25, -0.2) is 15.0 Å². The first kappa shape index (κ1) is 18.9. The van der Waals surface area contributed by atoms with Crippen molar-refractivity contribution in [1.82, 2.24) is 15.0 Å². The molecule has 1 fully saturated rings. The highest BCUT2D eigenvalue weighted by Crippen LogP contribution is 2.18. The normalized spacial score (nSPS) is 14.0. The van der Waals surface area contributed by atoms with Gasteiger partial charge in [0.15, 0.2) is 0 Å². The zero-order valence-corrected chi connectivity index (χ0v) is 16.7. The molecule has 3 aromatic rings. The zero-order valence-electron chi connectivity index (χ0n) is 16.7. The fourth-order valence-corrected chi connectivity index (χ4v) is 3.40. The standard InChI is InChI=1S/C22H24N6O/c1-16-6-7-17(2)19(13-16)21(29)26-18-14-24-22(25-15-18)28-11-9-27(10-12-28)20-5-3-4-8-23-20/h3-8,13-15H,9-12H2,1-2H3,(H,26,29). The number of nitrogens with zero attached hydrogens (tertiary/aromatic N) is 5. The summed E-state index contributed by atoms with van der Waals surface area (Å²) in [7, 11) is 0. The third kappa shape index (κ3) is 4.34. The van der Waals surface area contributed by atoms with Gasteiger partial charge in [0.05, 0.1) is 18.1 Å². The number of hydrogen-bond donors (Lipinski definition) is 1. The van der Waals surface area contributed by atoms with E-state index < -0.39 is 0 Å². The number of hydrogen-bond acceptors (Lipinski definition) is 6. The molecular formula is C22H24N6O. The van der Waals surface area contributed by atoms with Crippen LogP contribution in [0.4, 0.5) is 17.5 Å². The predicted molar refractivity (Wildman–Crippen MR) is 115 cm³/mol. The Hall–Kier alpha value is -3.48. The van der Waals surface area contributed by atoms with Crippen molar-refractivity contribution >= 4 is 23.4 Å². The second kappa shape index (κ2) is 8.26. The number of nitrogens with one attached hydrogen (secondary N) is 1. The van der Waals surface area contributed by atoms with Crippen LogP contribution < -0.4 is 15.1 Å². The van der Waals surface area contributed by atoms with E-state index >= 15 is 0 Å². The van der Waals surface area contributed by atoms with Crippen LogP contribution in [0.1, 0.15) is 21.5 Å². The van der Waals surface area contributed by atoms with Gasteiger partial charge in [-0.2, -0.15) is 0 Å². The van der Waals surface area contributed by atoms with Crippen molar-refractivity contribution in [1.29, 1.82) is 0 Å². The Bertz CT molecular complexity index is 982. The number of amides is 1. The highest BCUT2D eigenvalue weighted by Gasteiger charge is 2.20. The third-order valence-corrected chi connectivity index (χ3v) is 5.07. The van der Waals surface area contributed by atoms with Gasteiger partial charge in [0.2, 0.25) is 5.95 Å². The molecule has 0 unspecified atom stereocenters. The van der Waals surface area contributed by atoms with Crippen LogP contribution >= 0.6 is 0 Å². The number of aromatic nitrogens is 3. The van der Waals surface area contributed by atoms with Gasteiger partial charge in [-0.05, 0) is 37.6 Å². The van der Waals surface area contributed by atoms with Crippen LogP contribution in [0, 0.1) is 13.8 Å². The SMILES string of the molecule is Cc1ccc(C)c(C(=O)Nc2cnc(N3CCN(c4ccccn4)CC3)nc2)c1. The molecule has 7 nitrogen and oxygen atoms in total. The number of anilines is 3. The molecule has 7 heteroatoms. The van der Waals surface area contributed by atoms with Crippen LogP contribution in [-0.4, -0.2) is 47.0 Å². The van der Waals surface area contributed by atoms with Crippen molar-refractivity contribution in [3.8, 4) is 0 Å². The first-order valence-electron chi connectivity index (χ1n) is 9.72. The number of benzene rings is 1. The summed E-state index contributed by atoms with van der Waals surface area (Å²) in [6.07, 6.45) is 5.14. The summed E-state index contributed by atoms with van der Waals surface area (Å²) in [6, 6.07) is 11.8. The predicted octanol–water partition coefficient (Wildman–Crippen LogP) is 3.07. The molecule has 0 aliphatic carbocycles. The molecule has 2 aromatic heterocycles. The molecule has 4 rings (SSSR count). The Morgan fingerprint density at radius 1 is 0.931 bits per heavy atom. The number of carbonyl (C=O) groups is 1. The minimum atomic E-state index is -0.147. The zero-order chi connectivity index (χ0) is 20.2. The second-order valence-corrected chi connectivity index (χ2v) is 7.21. The molecule has 1 amide bonds. The van der Waals surface area contributed by atoms with Crippen LogP contribution in [-0.2, 0) is 0 Å². The van der Waals surface area contributed by atoms with Crippen LogP contribution in [0.2, 0.25) is 0 Å². The lowest BCUT2D eigenvalue weighted by atomic mass is 10.1. The van der Waals surface area contributed by atoms with Crippen molar-refractivity contribution in [2.45, 2.75) is 13.8 Å². The molecule has 0 atom stereocenters. The molecule has 1 aliphatic rings. The van der Waals surface area contributed by atoms with Crippen molar-refractivity contribution in [3.05, 3.63) is 71.7 Å². The fraction of sp³-hybridized carbons (Fsp3) is 0.273. The second-order valence-electron chi connectivity index (χ2n) is 7.21. The first-order chi connectivity index (χ1) is 14.1. The first-order valence-corrected chi connectivity index (χ1v) is 9.72. The highest BCUT2D eigenvalue weighted by molar-refractivity contribution is 6.05. The monoisotopic (exact) mass is 388 g/mol. The number of carbonyl (C=O) groups excluding carboxylic acids is 1. The van der Waals surface area contributed by atoms with Gasteiger partial charge >= 0.3 is 0 Å². The average Bonchev–Trinajstić information content (AvgIpc) is 2.77. The molecule has 1 saturated heterocycles. The van der Waals surface area contributed by atoms with Crippen molar-refractivity contribution < 1.29 is 4.79 Å². The minimum Gasteiger partial charge on any atom is -0.353 e. The largest absolute Gasteiger partial charge is 0.353 e. The third-order valence-electron chi connectivity index (χ3n) is 5.07. The van der Waals surface area contributed by atoms with Gasteiger partial charge < -0.3 is 15.1 Å². The van der Waals surface area contributed by atoms with Crippen molar-refractivity contribution in [2.24, 2.45) is 0 Å². The van der Waals surface area contributed by atoms with Gasteiger partial charge in [-0.1, -0.05) is 23.8 Å². The molecule has 0 bridgehead atoms. The Kier molecular flexibility index (Phi) is 5.37. The van der Waals surface area contributed by atoms with Crippen molar-refractivity contribution in [3.63, 3.8) is 0 Å². The number of aryl methyl sites for hydroxylation is 2. The molecule has 1 aromatic carbocycles. The van der Waals surface area contributed by atoms with E-state index in [0.717, 1.165) is 43.1 Å². The Labute approximate surface area is 170 Å². The van der Waals surface area contributed by atoms with E-state index in [2.05, 4.69) is 30.1 Å². The lowest BCUT2D eigenvalue weighted by Crippen LogP contribution is -2.47. The van der Waals surface area contributed by atoms with Gasteiger partial charge in [0.1, 0.15) is 5.82 Å². The van der Waals surface area contributed by atoms with E-state index in [1.807, 2.05) is 56.4 Å². The lowest BCUT2D eigenvalue weighted by molar-refractivity contribution is 0.102. The number of pyridine rings is 1. The fourth-order valence-electron chi connectivity index (χ4n) is 3.40. The minimum absolute atomic E-state index is 0.147. The molecule has 0 spiro atoms. The van der Waals surface area contributed by atoms with Gasteiger partial charge in [-0.15, -0.1) is 0 Å². The molecule has 148 valence electrons. The maximum atomic E-state index is 12.6. The van der Waals surface area contributed by atoms with Crippen LogP contribution in [0.25, 0.3) is 0 Å². The van der Waals surface area contributed by atoms with Gasteiger partial charge in [0, 0.05) is 37.9 Å². The molecule has 1 aliphatic heterocycles. The van der Waals surface area contributed by atoms with E-state index in [0.29, 0.717) is 17.2 Å². The van der Waals surface area contributed by atoms with Crippen LogP contribution in [0.3, 0.4) is 0 Å². The van der Waals surface area contributed by atoms with E-state index in [9.17, 15) is 4.79 Å². The molecule has 29 heavy (non-hydrogen) atoms. The summed E-state index contributed by atoms with van der Waals surface area (Å²) >= 11 is 0. The summed E-state index contributed by atoms with van der Waals surface area (Å²) in [6.45, 7) is 7.28. The van der Waals surface area contributed by atoms with E-state index in [1.54, 1.807) is 12.4 Å². The van der Waals surface area contributed by atoms with Crippen LogP contribution in [0.15, 0.2) is 55.0 Å². The summed E-state index contributed by atoms with van der Waals surface area (Å²) in [5, 5.41) is 2.89. The topological polar surface area (TPSA) is 74.2 Å². The smallest absolute Gasteiger partial charge is 0.256 e. The number of rotatable bonds is 4. The quantitative estimate of drug-likeness (QED) is 0.740. The molecule has 3 heterocycles. The maximum absolute atomic E-state index is 12.6. The average molecular weight is 388 g/mol. The lowest BCUT2D eigenvalue weighted by Gasteiger charge is -2.35.